The lowest BCUT2D eigenvalue weighted by Crippen LogP contribution is -2.69. The van der Waals surface area contributed by atoms with Gasteiger partial charge in [0.15, 0.2) is 0 Å². The molecule has 3 rings (SSSR count). The van der Waals surface area contributed by atoms with Crippen LogP contribution in [0.5, 0.6) is 0 Å². The summed E-state index contributed by atoms with van der Waals surface area (Å²) in [6, 6.07) is 0. The highest BCUT2D eigenvalue weighted by molar-refractivity contribution is 5.23. The first-order valence-corrected chi connectivity index (χ1v) is 14.8. The fraction of sp³-hybridized carbons (Fsp3) is 0.939. The van der Waals surface area contributed by atoms with Crippen LogP contribution in [0.2, 0.25) is 0 Å². The average Bonchev–Trinajstić information content (AvgIpc) is 3.01. The molecule has 0 saturated heterocycles. The van der Waals surface area contributed by atoms with Crippen molar-refractivity contribution in [3.8, 4) is 0 Å². The van der Waals surface area contributed by atoms with Gasteiger partial charge in [0.05, 0.1) is 0 Å². The summed E-state index contributed by atoms with van der Waals surface area (Å²) in [6.45, 7) is 38.4. The maximum absolute atomic E-state index is 4.55. The second-order valence-corrected chi connectivity index (χ2v) is 14.5. The molecule has 192 valence electrons. The van der Waals surface area contributed by atoms with Gasteiger partial charge in [-0.15, -0.1) is 0 Å². The minimum absolute atomic E-state index is 0.356. The molecular formula is C33H60. The Morgan fingerprint density at radius 1 is 0.909 bits per heavy atom. The van der Waals surface area contributed by atoms with Crippen molar-refractivity contribution in [2.45, 2.75) is 116 Å². The van der Waals surface area contributed by atoms with E-state index in [2.05, 4.69) is 96.6 Å². The van der Waals surface area contributed by atoms with Crippen molar-refractivity contribution in [1.29, 1.82) is 0 Å². The largest absolute Gasteiger partial charge is 0.0998 e. The standard InChI is InChI=1S/C33H60/c1-15-17-20(5)21(6)27-18-31(12)26(11)33(14)28(16-2)23(8)29(19(3)4)24(9)32(33,13)25(10)30(31)22(27)7/h20-30H,3,15-18H2,1-2,4-14H3. The first kappa shape index (κ1) is 27.3. The SMILES string of the molecule is C=C(C)C1C(C)C(CC)C2(C)C(C)C3(C)CC(C(C)C(C)CCC)C(C)C3C(C)C2(C)C1C. The Bertz CT molecular complexity index is 720. The Kier molecular flexibility index (Phi) is 7.45. The fourth-order valence-electron chi connectivity index (χ4n) is 11.9. The summed E-state index contributed by atoms with van der Waals surface area (Å²) in [5, 5.41) is 0. The van der Waals surface area contributed by atoms with Crippen molar-refractivity contribution in [1.82, 2.24) is 0 Å². The third-order valence-electron chi connectivity index (χ3n) is 14.0. The molecular weight excluding hydrogens is 396 g/mol. The van der Waals surface area contributed by atoms with E-state index < -0.39 is 0 Å². The number of hydrogen-bond donors (Lipinski definition) is 0. The van der Waals surface area contributed by atoms with Crippen LogP contribution in [0.3, 0.4) is 0 Å². The highest BCUT2D eigenvalue weighted by atomic mass is 14.8. The van der Waals surface area contributed by atoms with Crippen LogP contribution in [0.15, 0.2) is 12.2 Å². The number of fused-ring (bicyclic) bond motifs is 2. The minimum atomic E-state index is 0.356. The van der Waals surface area contributed by atoms with E-state index in [0.29, 0.717) is 28.1 Å². The molecule has 0 aromatic carbocycles. The molecule has 3 aliphatic carbocycles. The molecule has 0 heteroatoms. The second-order valence-electron chi connectivity index (χ2n) is 14.5. The van der Waals surface area contributed by atoms with Crippen LogP contribution in [-0.2, 0) is 0 Å². The van der Waals surface area contributed by atoms with Crippen molar-refractivity contribution in [2.24, 2.45) is 81.3 Å². The third-order valence-corrected chi connectivity index (χ3v) is 14.0. The van der Waals surface area contributed by atoms with Gasteiger partial charge in [-0.25, -0.2) is 0 Å². The fourth-order valence-corrected chi connectivity index (χ4v) is 11.9. The Morgan fingerprint density at radius 3 is 1.97 bits per heavy atom. The highest BCUT2D eigenvalue weighted by Crippen LogP contribution is 2.78. The molecule has 0 aromatic heterocycles. The Morgan fingerprint density at radius 2 is 1.48 bits per heavy atom. The van der Waals surface area contributed by atoms with Crippen molar-refractivity contribution < 1.29 is 0 Å². The monoisotopic (exact) mass is 456 g/mol. The van der Waals surface area contributed by atoms with Gasteiger partial charge in [-0.2, -0.15) is 0 Å². The van der Waals surface area contributed by atoms with E-state index in [-0.39, 0.29) is 0 Å². The van der Waals surface area contributed by atoms with Crippen LogP contribution in [0.1, 0.15) is 116 Å². The number of allylic oxidation sites excluding steroid dienone is 1. The quantitative estimate of drug-likeness (QED) is 0.349. The number of hydrogen-bond acceptors (Lipinski definition) is 0. The molecule has 0 aliphatic heterocycles. The Balaban J connectivity index is 2.15. The molecule has 3 saturated carbocycles. The van der Waals surface area contributed by atoms with Gasteiger partial charge in [0.25, 0.3) is 0 Å². The molecule has 3 aliphatic rings. The van der Waals surface area contributed by atoms with Gasteiger partial charge in [0.2, 0.25) is 0 Å². The normalized spacial score (nSPS) is 53.8. The van der Waals surface area contributed by atoms with Crippen molar-refractivity contribution in [3.63, 3.8) is 0 Å². The third kappa shape index (κ3) is 3.41. The maximum atomic E-state index is 4.55. The molecule has 0 radical (unpaired) electrons. The van der Waals surface area contributed by atoms with E-state index >= 15 is 0 Å². The van der Waals surface area contributed by atoms with Gasteiger partial charge in [-0.3, -0.25) is 0 Å². The zero-order valence-corrected chi connectivity index (χ0v) is 24.9. The molecule has 0 N–H and O–H groups in total. The van der Waals surface area contributed by atoms with Gasteiger partial charge < -0.3 is 0 Å². The first-order valence-electron chi connectivity index (χ1n) is 14.8. The maximum Gasteiger partial charge on any atom is -0.0149 e. The van der Waals surface area contributed by atoms with Crippen LogP contribution < -0.4 is 0 Å². The smallest absolute Gasteiger partial charge is 0.0149 e. The zero-order valence-electron chi connectivity index (χ0n) is 24.9. The minimum Gasteiger partial charge on any atom is -0.0998 e. The Labute approximate surface area is 209 Å². The van der Waals surface area contributed by atoms with Gasteiger partial charge in [0, 0.05) is 0 Å². The van der Waals surface area contributed by atoms with Crippen molar-refractivity contribution in [3.05, 3.63) is 12.2 Å². The molecule has 0 heterocycles. The molecule has 0 spiro atoms. The molecule has 0 aromatic rings. The van der Waals surface area contributed by atoms with Crippen LogP contribution in [-0.4, -0.2) is 0 Å². The van der Waals surface area contributed by atoms with Gasteiger partial charge in [0.1, 0.15) is 0 Å². The molecule has 33 heavy (non-hydrogen) atoms. The second kappa shape index (κ2) is 9.00. The lowest BCUT2D eigenvalue weighted by atomic mass is 9.30. The van der Waals surface area contributed by atoms with E-state index in [1.54, 1.807) is 0 Å². The molecule has 14 atom stereocenters. The predicted octanol–water partition coefficient (Wildman–Crippen LogP) is 10.1. The first-order chi connectivity index (χ1) is 15.2. The Hall–Kier alpha value is -0.260. The summed E-state index contributed by atoms with van der Waals surface area (Å²) >= 11 is 0. The predicted molar refractivity (Wildman–Crippen MR) is 147 cm³/mol. The van der Waals surface area contributed by atoms with Crippen molar-refractivity contribution in [2.75, 3.05) is 0 Å². The lowest BCUT2D eigenvalue weighted by Gasteiger charge is -2.74. The van der Waals surface area contributed by atoms with Gasteiger partial charge in [-0.05, 0) is 94.7 Å². The topological polar surface area (TPSA) is 0 Å². The summed E-state index contributed by atoms with van der Waals surface area (Å²) in [6.07, 6.45) is 5.48. The molecule has 0 nitrogen and oxygen atoms in total. The van der Waals surface area contributed by atoms with Crippen LogP contribution in [0, 0.1) is 81.3 Å². The van der Waals surface area contributed by atoms with E-state index in [0.717, 1.165) is 53.3 Å². The van der Waals surface area contributed by atoms with Gasteiger partial charge in [-0.1, -0.05) is 114 Å². The molecule has 0 amide bonds. The lowest BCUT2D eigenvalue weighted by molar-refractivity contribution is -0.261. The molecule has 14 unspecified atom stereocenters. The van der Waals surface area contributed by atoms with Crippen LogP contribution in [0.25, 0.3) is 0 Å². The van der Waals surface area contributed by atoms with E-state index in [9.17, 15) is 0 Å². The van der Waals surface area contributed by atoms with E-state index in [4.69, 9.17) is 0 Å². The van der Waals surface area contributed by atoms with Crippen LogP contribution in [0.4, 0.5) is 0 Å². The van der Waals surface area contributed by atoms with E-state index in [1.165, 1.54) is 31.3 Å². The average molecular weight is 457 g/mol. The van der Waals surface area contributed by atoms with E-state index in [1.807, 2.05) is 0 Å². The summed E-state index contributed by atoms with van der Waals surface area (Å²) in [4.78, 5) is 0. The summed E-state index contributed by atoms with van der Waals surface area (Å²) < 4.78 is 0. The van der Waals surface area contributed by atoms with Crippen molar-refractivity contribution >= 4 is 0 Å². The molecule has 0 bridgehead atoms. The summed E-state index contributed by atoms with van der Waals surface area (Å²) in [7, 11) is 0. The van der Waals surface area contributed by atoms with Gasteiger partial charge >= 0.3 is 0 Å². The molecule has 3 fully saturated rings. The zero-order chi connectivity index (χ0) is 25.3. The summed E-state index contributed by atoms with van der Waals surface area (Å²) in [5.41, 5.74) is 2.63. The number of rotatable bonds is 6. The highest BCUT2D eigenvalue weighted by Gasteiger charge is 2.73. The summed E-state index contributed by atoms with van der Waals surface area (Å²) in [5.74, 6) is 8.62. The van der Waals surface area contributed by atoms with Crippen LogP contribution >= 0.6 is 0 Å².